The Kier molecular flexibility index (Phi) is 6.85. The molecule has 0 spiro atoms. The average Bonchev–Trinajstić information content (AvgIpc) is 3.28. The van der Waals surface area contributed by atoms with Crippen molar-refractivity contribution < 1.29 is 23.0 Å². The molecule has 0 aromatic heterocycles. The molecule has 1 aliphatic carbocycles. The number of hydrogen-bond donors (Lipinski definition) is 0. The highest BCUT2D eigenvalue weighted by atomic mass is 35.5. The Balaban J connectivity index is 1.57. The average molecular weight is 478 g/mol. The minimum Gasteiger partial charge on any atom is -0.489 e. The van der Waals surface area contributed by atoms with Crippen molar-refractivity contribution in [2.75, 3.05) is 6.54 Å². The highest BCUT2D eigenvalue weighted by Crippen LogP contribution is 2.44. The van der Waals surface area contributed by atoms with Gasteiger partial charge in [-0.05, 0) is 81.3 Å². The van der Waals surface area contributed by atoms with Crippen molar-refractivity contribution in [2.24, 2.45) is 5.92 Å². The monoisotopic (exact) mass is 477 g/mol. The molecular formula is C26H30ClF2NO3. The maximum Gasteiger partial charge on any atom is 0.410 e. The Morgan fingerprint density at radius 3 is 2.58 bits per heavy atom. The van der Waals surface area contributed by atoms with Gasteiger partial charge in [-0.3, -0.25) is 0 Å². The summed E-state index contributed by atoms with van der Waals surface area (Å²) in [7, 11) is 0. The standard InChI is InChI=1S/C26H30ClF2NO3/c1-26(2,3)33-25(31)30-13-12-17-14-18(8-9-19(17)24(30)16-6-4-5-7-16)32-15-20-22(28)11-10-21(27)23(20)29/h8-11,14,16,24H,4-7,12-13,15H2,1-3H3. The summed E-state index contributed by atoms with van der Waals surface area (Å²) in [6.07, 6.45) is 4.86. The fourth-order valence-electron chi connectivity index (χ4n) is 4.89. The summed E-state index contributed by atoms with van der Waals surface area (Å²) in [6, 6.07) is 7.99. The van der Waals surface area contributed by atoms with Crippen molar-refractivity contribution in [3.63, 3.8) is 0 Å². The van der Waals surface area contributed by atoms with Crippen molar-refractivity contribution in [1.29, 1.82) is 0 Å². The second-order valence-electron chi connectivity index (χ2n) is 9.88. The Labute approximate surface area is 198 Å². The van der Waals surface area contributed by atoms with Crippen LogP contribution in [0.25, 0.3) is 0 Å². The van der Waals surface area contributed by atoms with Gasteiger partial charge in [-0.2, -0.15) is 0 Å². The van der Waals surface area contributed by atoms with Gasteiger partial charge in [-0.1, -0.05) is 30.5 Å². The van der Waals surface area contributed by atoms with Crippen molar-refractivity contribution in [2.45, 2.75) is 71.1 Å². The minimum atomic E-state index is -0.802. The van der Waals surface area contributed by atoms with Gasteiger partial charge in [-0.25, -0.2) is 13.6 Å². The molecule has 4 nitrogen and oxygen atoms in total. The molecule has 1 saturated carbocycles. The summed E-state index contributed by atoms with van der Waals surface area (Å²) >= 11 is 5.78. The predicted octanol–water partition coefficient (Wildman–Crippen LogP) is 7.22. The lowest BCUT2D eigenvalue weighted by atomic mass is 9.84. The van der Waals surface area contributed by atoms with E-state index in [0.717, 1.165) is 42.9 Å². The van der Waals surface area contributed by atoms with Gasteiger partial charge in [0.15, 0.2) is 5.82 Å². The van der Waals surface area contributed by atoms with Crippen LogP contribution in [0.15, 0.2) is 30.3 Å². The fourth-order valence-corrected chi connectivity index (χ4v) is 5.07. The lowest BCUT2D eigenvalue weighted by Gasteiger charge is -2.41. The Morgan fingerprint density at radius 1 is 1.15 bits per heavy atom. The van der Waals surface area contributed by atoms with Crippen LogP contribution in [0.3, 0.4) is 0 Å². The largest absolute Gasteiger partial charge is 0.489 e. The van der Waals surface area contributed by atoms with E-state index in [4.69, 9.17) is 21.1 Å². The molecule has 1 aliphatic heterocycles. The number of benzene rings is 2. The van der Waals surface area contributed by atoms with Crippen LogP contribution in [-0.4, -0.2) is 23.1 Å². The quantitative estimate of drug-likeness (QED) is 0.436. The molecule has 1 fully saturated rings. The van der Waals surface area contributed by atoms with Crippen LogP contribution < -0.4 is 4.74 Å². The molecule has 2 aliphatic rings. The number of amides is 1. The van der Waals surface area contributed by atoms with E-state index in [0.29, 0.717) is 24.6 Å². The van der Waals surface area contributed by atoms with Crippen molar-refractivity contribution in [3.05, 3.63) is 63.7 Å². The molecular weight excluding hydrogens is 448 g/mol. The molecule has 7 heteroatoms. The first kappa shape index (κ1) is 23.8. The summed E-state index contributed by atoms with van der Waals surface area (Å²) in [5.41, 5.74) is 1.45. The highest BCUT2D eigenvalue weighted by Gasteiger charge is 2.39. The molecule has 1 atom stereocenters. The summed E-state index contributed by atoms with van der Waals surface area (Å²) in [6.45, 7) is 5.94. The van der Waals surface area contributed by atoms with Crippen molar-refractivity contribution in [3.8, 4) is 5.75 Å². The number of carbonyl (C=O) groups excluding carboxylic acids is 1. The Hall–Kier alpha value is -2.34. The molecule has 1 amide bonds. The summed E-state index contributed by atoms with van der Waals surface area (Å²) < 4.78 is 39.7. The molecule has 0 N–H and O–H groups in total. The number of ether oxygens (including phenoxy) is 2. The van der Waals surface area contributed by atoms with Gasteiger partial charge in [0.25, 0.3) is 0 Å². The summed E-state index contributed by atoms with van der Waals surface area (Å²) in [5, 5.41) is -0.137. The van der Waals surface area contributed by atoms with Gasteiger partial charge < -0.3 is 14.4 Å². The lowest BCUT2D eigenvalue weighted by Crippen LogP contribution is -2.45. The second kappa shape index (κ2) is 9.49. The van der Waals surface area contributed by atoms with E-state index in [2.05, 4.69) is 0 Å². The third-order valence-corrected chi connectivity index (χ3v) is 6.68. The van der Waals surface area contributed by atoms with Crippen LogP contribution >= 0.6 is 11.6 Å². The number of nitrogens with zero attached hydrogens (tertiary/aromatic N) is 1. The van der Waals surface area contributed by atoms with E-state index in [9.17, 15) is 13.6 Å². The third-order valence-electron chi connectivity index (χ3n) is 6.39. The van der Waals surface area contributed by atoms with Gasteiger partial charge in [-0.15, -0.1) is 0 Å². The first-order valence-electron chi connectivity index (χ1n) is 11.5. The molecule has 4 rings (SSSR count). The van der Waals surface area contributed by atoms with Crippen LogP contribution in [0, 0.1) is 17.6 Å². The molecule has 0 saturated heterocycles. The lowest BCUT2D eigenvalue weighted by molar-refractivity contribution is 0.00708. The molecule has 2 aromatic carbocycles. The normalized spacial score (nSPS) is 18.8. The van der Waals surface area contributed by atoms with Gasteiger partial charge in [0.2, 0.25) is 0 Å². The van der Waals surface area contributed by atoms with Crippen LogP contribution in [0.4, 0.5) is 13.6 Å². The third kappa shape index (κ3) is 5.26. The summed E-state index contributed by atoms with van der Waals surface area (Å²) in [5.74, 6) is -0.575. The van der Waals surface area contributed by atoms with E-state index in [1.54, 1.807) is 6.07 Å². The molecule has 0 bridgehead atoms. The number of hydrogen-bond acceptors (Lipinski definition) is 3. The highest BCUT2D eigenvalue weighted by molar-refractivity contribution is 6.30. The van der Waals surface area contributed by atoms with Gasteiger partial charge in [0.05, 0.1) is 16.6 Å². The van der Waals surface area contributed by atoms with E-state index >= 15 is 0 Å². The topological polar surface area (TPSA) is 38.8 Å². The zero-order valence-corrected chi connectivity index (χ0v) is 20.1. The maximum atomic E-state index is 14.2. The maximum absolute atomic E-state index is 14.2. The predicted molar refractivity (Wildman–Crippen MR) is 123 cm³/mol. The van der Waals surface area contributed by atoms with Crippen LogP contribution in [0.2, 0.25) is 5.02 Å². The van der Waals surface area contributed by atoms with Crippen LogP contribution in [0.1, 0.15) is 69.2 Å². The van der Waals surface area contributed by atoms with Crippen LogP contribution in [-0.2, 0) is 17.8 Å². The Morgan fingerprint density at radius 2 is 1.88 bits per heavy atom. The van der Waals surface area contributed by atoms with E-state index in [1.807, 2.05) is 37.8 Å². The number of rotatable bonds is 4. The summed E-state index contributed by atoms with van der Waals surface area (Å²) in [4.78, 5) is 14.9. The van der Waals surface area contributed by atoms with Gasteiger partial charge in [0, 0.05) is 6.54 Å². The number of halogens is 3. The number of carbonyl (C=O) groups is 1. The van der Waals surface area contributed by atoms with E-state index in [1.165, 1.54) is 6.07 Å². The zero-order valence-electron chi connectivity index (χ0n) is 19.3. The number of fused-ring (bicyclic) bond motifs is 1. The molecule has 0 radical (unpaired) electrons. The molecule has 33 heavy (non-hydrogen) atoms. The molecule has 2 aromatic rings. The second-order valence-corrected chi connectivity index (χ2v) is 10.3. The van der Waals surface area contributed by atoms with Gasteiger partial charge >= 0.3 is 6.09 Å². The first-order chi connectivity index (χ1) is 15.6. The first-order valence-corrected chi connectivity index (χ1v) is 11.9. The Bertz CT molecular complexity index is 1030. The van der Waals surface area contributed by atoms with Crippen LogP contribution in [0.5, 0.6) is 5.75 Å². The zero-order chi connectivity index (χ0) is 23.8. The van der Waals surface area contributed by atoms with Gasteiger partial charge in [0.1, 0.15) is 23.8 Å². The fraction of sp³-hybridized carbons (Fsp3) is 0.500. The van der Waals surface area contributed by atoms with Crippen molar-refractivity contribution >= 4 is 17.7 Å². The molecule has 178 valence electrons. The van der Waals surface area contributed by atoms with E-state index in [-0.39, 0.29) is 29.3 Å². The van der Waals surface area contributed by atoms with Crippen molar-refractivity contribution in [1.82, 2.24) is 4.90 Å². The van der Waals surface area contributed by atoms with E-state index < -0.39 is 17.2 Å². The smallest absolute Gasteiger partial charge is 0.410 e. The molecule has 1 heterocycles. The minimum absolute atomic E-state index is 0.0389. The SMILES string of the molecule is CC(C)(C)OC(=O)N1CCc2cc(OCc3c(F)ccc(Cl)c3F)ccc2C1C1CCCC1. The molecule has 1 unspecified atom stereocenters.